The number of fused-ring (bicyclic) bond motifs is 1. The van der Waals surface area contributed by atoms with Crippen LogP contribution in [0.1, 0.15) is 18.5 Å². The number of aryl methyl sites for hydroxylation is 1. The Balaban J connectivity index is 1.38. The minimum atomic E-state index is -0.316. The van der Waals surface area contributed by atoms with Crippen molar-refractivity contribution in [3.8, 4) is 11.4 Å². The molecule has 1 amide bonds. The molecule has 5 rings (SSSR count). The van der Waals surface area contributed by atoms with Crippen LogP contribution in [0.3, 0.4) is 0 Å². The number of amides is 1. The second-order valence-corrected chi connectivity index (χ2v) is 9.08. The zero-order valence-electron chi connectivity index (χ0n) is 18.4. The average Bonchev–Trinajstić information content (AvgIpc) is 3.40. The zero-order chi connectivity index (χ0) is 22.9. The van der Waals surface area contributed by atoms with Gasteiger partial charge in [0.1, 0.15) is 11.6 Å². The van der Waals surface area contributed by atoms with Crippen molar-refractivity contribution in [1.82, 2.24) is 14.8 Å². The van der Waals surface area contributed by atoms with Crippen molar-refractivity contribution in [2.75, 3.05) is 30.4 Å². The van der Waals surface area contributed by atoms with Crippen molar-refractivity contribution in [2.24, 2.45) is 5.92 Å². The number of hydrogen-bond acceptors (Lipinski definition) is 6. The number of piperidine rings is 1. The van der Waals surface area contributed by atoms with E-state index in [-0.39, 0.29) is 17.6 Å². The fourth-order valence-electron chi connectivity index (χ4n) is 4.19. The Morgan fingerprint density at radius 1 is 1.24 bits per heavy atom. The Bertz CT molecular complexity index is 1320. The van der Waals surface area contributed by atoms with E-state index in [0.29, 0.717) is 29.3 Å². The maximum Gasteiger partial charge on any atom is 0.229 e. The van der Waals surface area contributed by atoms with Crippen molar-refractivity contribution in [2.45, 2.75) is 19.8 Å². The molecule has 0 unspecified atom stereocenters. The quantitative estimate of drug-likeness (QED) is 0.459. The van der Waals surface area contributed by atoms with E-state index in [1.807, 2.05) is 37.3 Å². The standard InChI is InChI=1S/C24H24FN5O2S/c1-15-21-22(30(28-15)18-9-5-8-17(25)13-18)27-24(33-21)29-12-6-7-16(14-29)23(31)26-19-10-3-4-11-20(19)32-2/h3-5,8-11,13,16H,6-7,12,14H2,1-2H3,(H,26,31)/t16-/m1/s1. The number of carbonyl (C=O) groups is 1. The van der Waals surface area contributed by atoms with Crippen LogP contribution in [0, 0.1) is 18.7 Å². The molecule has 3 heterocycles. The van der Waals surface area contributed by atoms with Gasteiger partial charge in [-0.3, -0.25) is 4.79 Å². The van der Waals surface area contributed by atoms with E-state index in [9.17, 15) is 9.18 Å². The lowest BCUT2D eigenvalue weighted by Gasteiger charge is -2.31. The van der Waals surface area contributed by atoms with Gasteiger partial charge in [-0.15, -0.1) is 0 Å². The average molecular weight is 466 g/mol. The van der Waals surface area contributed by atoms with Gasteiger partial charge in [-0.1, -0.05) is 29.5 Å². The summed E-state index contributed by atoms with van der Waals surface area (Å²) in [4.78, 5) is 20.0. The molecule has 2 aromatic heterocycles. The highest BCUT2D eigenvalue weighted by Crippen LogP contribution is 2.35. The van der Waals surface area contributed by atoms with Gasteiger partial charge in [-0.25, -0.2) is 9.07 Å². The third-order valence-corrected chi connectivity index (χ3v) is 7.07. The minimum Gasteiger partial charge on any atom is -0.495 e. The topological polar surface area (TPSA) is 72.3 Å². The Kier molecular flexibility index (Phi) is 5.72. The summed E-state index contributed by atoms with van der Waals surface area (Å²) < 4.78 is 21.8. The molecule has 33 heavy (non-hydrogen) atoms. The van der Waals surface area contributed by atoms with Crippen LogP contribution in [0.4, 0.5) is 15.2 Å². The van der Waals surface area contributed by atoms with E-state index in [1.54, 1.807) is 29.2 Å². The van der Waals surface area contributed by atoms with Gasteiger partial charge >= 0.3 is 0 Å². The lowest BCUT2D eigenvalue weighted by atomic mass is 9.97. The van der Waals surface area contributed by atoms with Gasteiger partial charge in [0.15, 0.2) is 10.8 Å². The summed E-state index contributed by atoms with van der Waals surface area (Å²) >= 11 is 1.56. The van der Waals surface area contributed by atoms with Crippen LogP contribution in [0.25, 0.3) is 16.0 Å². The number of halogens is 1. The molecule has 7 nitrogen and oxygen atoms in total. The van der Waals surface area contributed by atoms with Crippen LogP contribution < -0.4 is 15.0 Å². The number of aromatic nitrogens is 3. The molecule has 0 aliphatic carbocycles. The van der Waals surface area contributed by atoms with E-state index in [4.69, 9.17) is 9.72 Å². The zero-order valence-corrected chi connectivity index (χ0v) is 19.2. The molecule has 170 valence electrons. The van der Waals surface area contributed by atoms with E-state index in [1.165, 1.54) is 12.1 Å². The molecule has 0 bridgehead atoms. The normalized spacial score (nSPS) is 16.2. The molecular formula is C24H24FN5O2S. The largest absolute Gasteiger partial charge is 0.495 e. The first kappa shape index (κ1) is 21.4. The van der Waals surface area contributed by atoms with Crippen molar-refractivity contribution in [3.05, 3.63) is 60.0 Å². The molecular weight excluding hydrogens is 441 g/mol. The minimum absolute atomic E-state index is 0.0209. The lowest BCUT2D eigenvalue weighted by molar-refractivity contribution is -0.120. The van der Waals surface area contributed by atoms with Crippen LogP contribution >= 0.6 is 11.3 Å². The van der Waals surface area contributed by atoms with Gasteiger partial charge in [-0.2, -0.15) is 10.1 Å². The molecule has 4 aromatic rings. The second kappa shape index (κ2) is 8.82. The van der Waals surface area contributed by atoms with Gasteiger partial charge < -0.3 is 15.0 Å². The highest BCUT2D eigenvalue weighted by Gasteiger charge is 2.29. The summed E-state index contributed by atoms with van der Waals surface area (Å²) in [6.45, 7) is 3.35. The van der Waals surface area contributed by atoms with Crippen molar-refractivity contribution >= 4 is 38.4 Å². The van der Waals surface area contributed by atoms with Gasteiger partial charge in [0.25, 0.3) is 0 Å². The molecule has 0 saturated carbocycles. The number of ether oxygens (including phenoxy) is 1. The van der Waals surface area contributed by atoms with E-state index < -0.39 is 0 Å². The Labute approximate surface area is 194 Å². The molecule has 1 N–H and O–H groups in total. The van der Waals surface area contributed by atoms with Crippen LogP contribution in [-0.2, 0) is 4.79 Å². The molecule has 1 atom stereocenters. The predicted molar refractivity (Wildman–Crippen MR) is 128 cm³/mol. The number of thiazole rings is 1. The molecule has 2 aromatic carbocycles. The smallest absolute Gasteiger partial charge is 0.229 e. The maximum atomic E-state index is 13.8. The number of methoxy groups -OCH3 is 1. The summed E-state index contributed by atoms with van der Waals surface area (Å²) in [5, 5.41) is 8.42. The van der Waals surface area contributed by atoms with Crippen molar-refractivity contribution < 1.29 is 13.9 Å². The first-order valence-electron chi connectivity index (χ1n) is 10.8. The number of para-hydroxylation sites is 2. The van der Waals surface area contributed by atoms with Crippen LogP contribution in [0.5, 0.6) is 5.75 Å². The number of nitrogens with zero attached hydrogens (tertiary/aromatic N) is 4. The molecule has 1 aliphatic rings. The first-order chi connectivity index (χ1) is 16.0. The summed E-state index contributed by atoms with van der Waals surface area (Å²) in [7, 11) is 1.59. The predicted octanol–water partition coefficient (Wildman–Crippen LogP) is 4.79. The SMILES string of the molecule is COc1ccccc1NC(=O)[C@@H]1CCCN(c2nc3c(s2)c(C)nn3-c2cccc(F)c2)C1. The van der Waals surface area contributed by atoms with E-state index in [0.717, 1.165) is 34.9 Å². The second-order valence-electron chi connectivity index (χ2n) is 8.10. The Hall–Kier alpha value is -3.46. The monoisotopic (exact) mass is 465 g/mol. The number of anilines is 2. The van der Waals surface area contributed by atoms with Crippen molar-refractivity contribution in [1.29, 1.82) is 0 Å². The maximum absolute atomic E-state index is 13.8. The van der Waals surface area contributed by atoms with E-state index in [2.05, 4.69) is 15.3 Å². The lowest BCUT2D eigenvalue weighted by Crippen LogP contribution is -2.40. The van der Waals surface area contributed by atoms with Crippen molar-refractivity contribution in [3.63, 3.8) is 0 Å². The molecule has 1 fully saturated rings. The summed E-state index contributed by atoms with van der Waals surface area (Å²) in [5.41, 5.74) is 2.87. The summed E-state index contributed by atoms with van der Waals surface area (Å²) in [5.74, 6) is 0.148. The van der Waals surface area contributed by atoms with Gasteiger partial charge in [0.05, 0.1) is 34.8 Å². The molecule has 1 saturated heterocycles. The third kappa shape index (κ3) is 4.16. The van der Waals surface area contributed by atoms with E-state index >= 15 is 0 Å². The third-order valence-electron chi connectivity index (χ3n) is 5.86. The molecule has 0 spiro atoms. The number of rotatable bonds is 5. The number of nitrogens with one attached hydrogen (secondary N) is 1. The van der Waals surface area contributed by atoms with Gasteiger partial charge in [0.2, 0.25) is 5.91 Å². The fraction of sp³-hybridized carbons (Fsp3) is 0.292. The molecule has 0 radical (unpaired) electrons. The van der Waals surface area contributed by atoms with Crippen LogP contribution in [0.15, 0.2) is 48.5 Å². The summed E-state index contributed by atoms with van der Waals surface area (Å²) in [6, 6.07) is 13.7. The van der Waals surface area contributed by atoms with Crippen LogP contribution in [0.2, 0.25) is 0 Å². The summed E-state index contributed by atoms with van der Waals surface area (Å²) in [6.07, 6.45) is 1.72. The molecule has 1 aliphatic heterocycles. The fourth-order valence-corrected chi connectivity index (χ4v) is 5.22. The Morgan fingerprint density at radius 3 is 2.91 bits per heavy atom. The Morgan fingerprint density at radius 2 is 2.09 bits per heavy atom. The molecule has 9 heteroatoms. The van der Waals surface area contributed by atoms with Gasteiger partial charge in [0, 0.05) is 13.1 Å². The number of benzene rings is 2. The van der Waals surface area contributed by atoms with Crippen LogP contribution in [-0.4, -0.2) is 40.9 Å². The number of carbonyl (C=O) groups excluding carboxylic acids is 1. The highest BCUT2D eigenvalue weighted by molar-refractivity contribution is 7.22. The van der Waals surface area contributed by atoms with Gasteiger partial charge in [-0.05, 0) is 50.1 Å². The first-order valence-corrected chi connectivity index (χ1v) is 11.7. The highest BCUT2D eigenvalue weighted by atomic mass is 32.1. The number of hydrogen-bond donors (Lipinski definition) is 1.